The van der Waals surface area contributed by atoms with E-state index in [1.54, 1.807) is 34.6 Å². The Labute approximate surface area is 153 Å². The van der Waals surface area contributed by atoms with Crippen LogP contribution in [0.1, 0.15) is 29.6 Å². The first-order valence-electron chi connectivity index (χ1n) is 8.96. The number of furan rings is 1. The Kier molecular flexibility index (Phi) is 4.58. The third-order valence-corrected chi connectivity index (χ3v) is 7.43. The highest BCUT2D eigenvalue weighted by molar-refractivity contribution is 7.89. The molecule has 2 atom stereocenters. The van der Waals surface area contributed by atoms with Gasteiger partial charge in [0.25, 0.3) is 5.91 Å². The molecule has 0 bridgehead atoms. The highest BCUT2D eigenvalue weighted by Gasteiger charge is 2.40. The van der Waals surface area contributed by atoms with Crippen molar-refractivity contribution in [2.75, 3.05) is 19.6 Å². The third-order valence-electron chi connectivity index (χ3n) is 5.52. The lowest BCUT2D eigenvalue weighted by Gasteiger charge is -2.26. The van der Waals surface area contributed by atoms with Gasteiger partial charge >= 0.3 is 0 Å². The Bertz CT molecular complexity index is 864. The fourth-order valence-corrected chi connectivity index (χ4v) is 5.62. The van der Waals surface area contributed by atoms with E-state index in [0.717, 1.165) is 19.4 Å². The fourth-order valence-electron chi connectivity index (χ4n) is 4.13. The van der Waals surface area contributed by atoms with E-state index in [-0.39, 0.29) is 11.9 Å². The number of carbonyl (C=O) groups is 1. The standard InChI is InChI=1S/C19H22N2O4S/c22-19(16-9-13-25-14-16)21-12-7-15-6-10-20(11-8-18(15)21)26(23,24)17-4-2-1-3-5-17/h1-5,9,13-15,18H,6-8,10-12H2/t15-,18-/m0/s1. The third kappa shape index (κ3) is 3.05. The fraction of sp³-hybridized carbons (Fsp3) is 0.421. The van der Waals surface area contributed by atoms with Crippen molar-refractivity contribution >= 4 is 15.9 Å². The van der Waals surface area contributed by atoms with Crippen LogP contribution in [0.2, 0.25) is 0 Å². The summed E-state index contributed by atoms with van der Waals surface area (Å²) in [6.07, 6.45) is 5.35. The predicted octanol–water partition coefficient (Wildman–Crippen LogP) is 2.60. The molecule has 2 aliphatic heterocycles. The Morgan fingerprint density at radius 2 is 1.73 bits per heavy atom. The van der Waals surface area contributed by atoms with Gasteiger partial charge in [-0.2, -0.15) is 4.31 Å². The van der Waals surface area contributed by atoms with Crippen LogP contribution in [-0.2, 0) is 10.0 Å². The van der Waals surface area contributed by atoms with E-state index in [0.29, 0.717) is 35.9 Å². The van der Waals surface area contributed by atoms with Crippen molar-refractivity contribution in [3.8, 4) is 0 Å². The first-order valence-corrected chi connectivity index (χ1v) is 10.4. The Balaban J connectivity index is 1.51. The molecule has 0 radical (unpaired) electrons. The van der Waals surface area contributed by atoms with Gasteiger partial charge in [0.15, 0.2) is 0 Å². The van der Waals surface area contributed by atoms with Crippen molar-refractivity contribution in [3.05, 3.63) is 54.5 Å². The Morgan fingerprint density at radius 1 is 1.00 bits per heavy atom. The van der Waals surface area contributed by atoms with E-state index in [1.807, 2.05) is 11.0 Å². The second kappa shape index (κ2) is 6.89. The zero-order valence-corrected chi connectivity index (χ0v) is 15.3. The lowest BCUT2D eigenvalue weighted by Crippen LogP contribution is -2.39. The monoisotopic (exact) mass is 374 g/mol. The van der Waals surface area contributed by atoms with Crippen molar-refractivity contribution < 1.29 is 17.6 Å². The molecule has 4 rings (SSSR count). The second-order valence-electron chi connectivity index (χ2n) is 6.92. The number of benzene rings is 1. The van der Waals surface area contributed by atoms with Crippen LogP contribution in [0, 0.1) is 5.92 Å². The average Bonchev–Trinajstić information content (AvgIpc) is 3.28. The van der Waals surface area contributed by atoms with Gasteiger partial charge in [0.05, 0.1) is 16.7 Å². The van der Waals surface area contributed by atoms with E-state index < -0.39 is 10.0 Å². The molecule has 2 aliphatic rings. The zero-order valence-electron chi connectivity index (χ0n) is 14.5. The van der Waals surface area contributed by atoms with Crippen LogP contribution in [0.15, 0.2) is 58.2 Å². The summed E-state index contributed by atoms with van der Waals surface area (Å²) in [6.45, 7) is 1.67. The minimum atomic E-state index is -3.48. The maximum absolute atomic E-state index is 12.9. The van der Waals surface area contributed by atoms with E-state index in [4.69, 9.17) is 4.42 Å². The summed E-state index contributed by atoms with van der Waals surface area (Å²) in [4.78, 5) is 14.9. The number of sulfonamides is 1. The average molecular weight is 374 g/mol. The molecule has 0 N–H and O–H groups in total. The molecule has 26 heavy (non-hydrogen) atoms. The molecule has 0 spiro atoms. The summed E-state index contributed by atoms with van der Waals surface area (Å²) in [5.74, 6) is 0.326. The molecule has 3 heterocycles. The maximum atomic E-state index is 12.9. The number of likely N-dealkylation sites (tertiary alicyclic amines) is 1. The summed E-state index contributed by atoms with van der Waals surface area (Å²) in [7, 11) is -3.48. The van der Waals surface area contributed by atoms with Crippen LogP contribution < -0.4 is 0 Å². The van der Waals surface area contributed by atoms with Crippen LogP contribution in [0.5, 0.6) is 0 Å². The van der Waals surface area contributed by atoms with Crippen molar-refractivity contribution in [1.82, 2.24) is 9.21 Å². The van der Waals surface area contributed by atoms with Gasteiger partial charge in [-0.25, -0.2) is 8.42 Å². The van der Waals surface area contributed by atoms with Crippen LogP contribution in [-0.4, -0.2) is 49.2 Å². The molecule has 1 aromatic carbocycles. The van der Waals surface area contributed by atoms with Crippen molar-refractivity contribution in [1.29, 1.82) is 0 Å². The molecule has 0 aliphatic carbocycles. The van der Waals surface area contributed by atoms with E-state index in [2.05, 4.69) is 0 Å². The Hall–Kier alpha value is -2.12. The summed E-state index contributed by atoms with van der Waals surface area (Å²) in [6, 6.07) is 10.3. The number of hydrogen-bond donors (Lipinski definition) is 0. The lowest BCUT2D eigenvalue weighted by molar-refractivity contribution is 0.0713. The van der Waals surface area contributed by atoms with Gasteiger partial charge in [-0.15, -0.1) is 0 Å². The summed E-state index contributed by atoms with van der Waals surface area (Å²) in [5.41, 5.74) is 0.559. The minimum absolute atomic E-state index is 0.0226. The quantitative estimate of drug-likeness (QED) is 0.828. The SMILES string of the molecule is O=C(c1ccoc1)N1CC[C@@H]2CCN(S(=O)(=O)c3ccccc3)CC[C@@H]21. The first-order chi connectivity index (χ1) is 12.6. The molecule has 0 unspecified atom stereocenters. The first kappa shape index (κ1) is 17.3. The highest BCUT2D eigenvalue weighted by atomic mass is 32.2. The normalized spacial score (nSPS) is 24.2. The number of amides is 1. The molecule has 2 fully saturated rings. The molecule has 2 aromatic rings. The van der Waals surface area contributed by atoms with Crippen LogP contribution in [0.4, 0.5) is 0 Å². The zero-order chi connectivity index (χ0) is 18.1. The van der Waals surface area contributed by atoms with E-state index in [1.165, 1.54) is 12.5 Å². The van der Waals surface area contributed by atoms with Crippen molar-refractivity contribution in [3.63, 3.8) is 0 Å². The molecule has 1 amide bonds. The molecule has 2 saturated heterocycles. The highest BCUT2D eigenvalue weighted by Crippen LogP contribution is 2.34. The van der Waals surface area contributed by atoms with Crippen LogP contribution in [0.25, 0.3) is 0 Å². The number of carbonyl (C=O) groups excluding carboxylic acids is 1. The molecular formula is C19H22N2O4S. The van der Waals surface area contributed by atoms with Crippen LogP contribution >= 0.6 is 0 Å². The molecule has 6 nitrogen and oxygen atoms in total. The molecule has 1 aromatic heterocycles. The van der Waals surface area contributed by atoms with Gasteiger partial charge in [0, 0.05) is 25.7 Å². The Morgan fingerprint density at radius 3 is 2.46 bits per heavy atom. The van der Waals surface area contributed by atoms with Gasteiger partial charge in [0.2, 0.25) is 10.0 Å². The van der Waals surface area contributed by atoms with Crippen LogP contribution in [0.3, 0.4) is 0 Å². The van der Waals surface area contributed by atoms with Gasteiger partial charge < -0.3 is 9.32 Å². The number of nitrogens with zero attached hydrogens (tertiary/aromatic N) is 2. The summed E-state index contributed by atoms with van der Waals surface area (Å²) >= 11 is 0. The molecule has 138 valence electrons. The van der Waals surface area contributed by atoms with Gasteiger partial charge in [0.1, 0.15) is 6.26 Å². The second-order valence-corrected chi connectivity index (χ2v) is 8.86. The summed E-state index contributed by atoms with van der Waals surface area (Å²) < 4.78 is 32.4. The van der Waals surface area contributed by atoms with E-state index in [9.17, 15) is 13.2 Å². The number of hydrogen-bond acceptors (Lipinski definition) is 4. The van der Waals surface area contributed by atoms with E-state index >= 15 is 0 Å². The smallest absolute Gasteiger partial charge is 0.257 e. The molecule has 7 heteroatoms. The molecular weight excluding hydrogens is 352 g/mol. The molecule has 0 saturated carbocycles. The van der Waals surface area contributed by atoms with Gasteiger partial charge in [-0.3, -0.25) is 4.79 Å². The van der Waals surface area contributed by atoms with Crippen molar-refractivity contribution in [2.24, 2.45) is 5.92 Å². The maximum Gasteiger partial charge on any atom is 0.257 e. The summed E-state index contributed by atoms with van der Waals surface area (Å²) in [5, 5.41) is 0. The minimum Gasteiger partial charge on any atom is -0.472 e. The topological polar surface area (TPSA) is 70.8 Å². The lowest BCUT2D eigenvalue weighted by atomic mass is 9.95. The van der Waals surface area contributed by atoms with Gasteiger partial charge in [-0.1, -0.05) is 18.2 Å². The predicted molar refractivity (Wildman–Crippen MR) is 96.1 cm³/mol. The number of fused-ring (bicyclic) bond motifs is 1. The largest absolute Gasteiger partial charge is 0.472 e. The van der Waals surface area contributed by atoms with Gasteiger partial charge in [-0.05, 0) is 43.4 Å². The number of rotatable bonds is 3. The van der Waals surface area contributed by atoms with Crippen molar-refractivity contribution in [2.45, 2.75) is 30.2 Å².